The van der Waals surface area contributed by atoms with Crippen molar-refractivity contribution in [1.82, 2.24) is 5.32 Å². The molecule has 2 aliphatic rings. The van der Waals surface area contributed by atoms with Crippen LogP contribution in [-0.4, -0.2) is 19.7 Å². The van der Waals surface area contributed by atoms with Gasteiger partial charge < -0.3 is 10.1 Å². The lowest BCUT2D eigenvalue weighted by Crippen LogP contribution is -2.31. The van der Waals surface area contributed by atoms with Crippen molar-refractivity contribution in [2.45, 2.75) is 50.5 Å². The van der Waals surface area contributed by atoms with Crippen LogP contribution >= 0.6 is 0 Å². The van der Waals surface area contributed by atoms with Crippen LogP contribution in [0.15, 0.2) is 24.3 Å². The van der Waals surface area contributed by atoms with Gasteiger partial charge in [-0.05, 0) is 36.8 Å². The molecule has 1 aliphatic heterocycles. The van der Waals surface area contributed by atoms with Gasteiger partial charge in [-0.15, -0.1) is 0 Å². The topological polar surface area (TPSA) is 21.3 Å². The summed E-state index contributed by atoms with van der Waals surface area (Å²) in [6.45, 7) is 1.11. The zero-order valence-corrected chi connectivity index (χ0v) is 11.9. The van der Waals surface area contributed by atoms with Crippen LogP contribution in [0, 0.1) is 5.92 Å². The molecule has 19 heavy (non-hydrogen) atoms. The van der Waals surface area contributed by atoms with Gasteiger partial charge in [0.25, 0.3) is 0 Å². The highest BCUT2D eigenvalue weighted by molar-refractivity contribution is 5.37. The van der Waals surface area contributed by atoms with Gasteiger partial charge in [0.15, 0.2) is 0 Å². The van der Waals surface area contributed by atoms with Gasteiger partial charge in [0.1, 0.15) is 5.75 Å². The van der Waals surface area contributed by atoms with Crippen LogP contribution in [0.3, 0.4) is 0 Å². The number of benzene rings is 1. The summed E-state index contributed by atoms with van der Waals surface area (Å²) in [7, 11) is 1.78. The first-order valence-corrected chi connectivity index (χ1v) is 7.75. The molecule has 1 N–H and O–H groups in total. The van der Waals surface area contributed by atoms with E-state index in [-0.39, 0.29) is 0 Å². The molecular weight excluding hydrogens is 234 g/mol. The van der Waals surface area contributed by atoms with E-state index in [9.17, 15) is 0 Å². The first-order chi connectivity index (χ1) is 9.38. The maximum atomic E-state index is 5.51. The molecule has 2 heteroatoms. The SMILES string of the molecule is COc1ccccc1C1CNC(C2CCCCC2)C1. The fourth-order valence-corrected chi connectivity index (χ4v) is 3.90. The number of nitrogens with one attached hydrogen (secondary N) is 1. The minimum Gasteiger partial charge on any atom is -0.496 e. The van der Waals surface area contributed by atoms with Crippen molar-refractivity contribution in [2.24, 2.45) is 5.92 Å². The van der Waals surface area contributed by atoms with E-state index >= 15 is 0 Å². The highest BCUT2D eigenvalue weighted by atomic mass is 16.5. The van der Waals surface area contributed by atoms with Gasteiger partial charge in [0.2, 0.25) is 0 Å². The van der Waals surface area contributed by atoms with Crippen LogP contribution in [-0.2, 0) is 0 Å². The molecule has 1 saturated heterocycles. The molecule has 1 heterocycles. The third kappa shape index (κ3) is 2.79. The van der Waals surface area contributed by atoms with E-state index in [1.165, 1.54) is 44.1 Å². The maximum absolute atomic E-state index is 5.51. The number of methoxy groups -OCH3 is 1. The molecule has 0 aromatic heterocycles. The summed E-state index contributed by atoms with van der Waals surface area (Å²) in [5, 5.41) is 3.77. The van der Waals surface area contributed by atoms with Gasteiger partial charge in [-0.1, -0.05) is 37.5 Å². The summed E-state index contributed by atoms with van der Waals surface area (Å²) in [6, 6.07) is 9.24. The minimum atomic E-state index is 0.628. The molecule has 0 amide bonds. The van der Waals surface area contributed by atoms with E-state index in [1.54, 1.807) is 7.11 Å². The quantitative estimate of drug-likeness (QED) is 0.893. The van der Waals surface area contributed by atoms with Gasteiger partial charge in [0, 0.05) is 18.5 Å². The van der Waals surface area contributed by atoms with Gasteiger partial charge in [-0.2, -0.15) is 0 Å². The third-order valence-corrected chi connectivity index (χ3v) is 4.96. The Labute approximate surface area is 116 Å². The fourth-order valence-electron chi connectivity index (χ4n) is 3.90. The maximum Gasteiger partial charge on any atom is 0.122 e. The summed E-state index contributed by atoms with van der Waals surface area (Å²) in [5.74, 6) is 2.59. The second-order valence-electron chi connectivity index (χ2n) is 6.09. The molecule has 104 valence electrons. The largest absolute Gasteiger partial charge is 0.496 e. The second kappa shape index (κ2) is 5.96. The molecule has 0 spiro atoms. The number of para-hydroxylation sites is 1. The highest BCUT2D eigenvalue weighted by Gasteiger charge is 2.32. The molecule has 0 bridgehead atoms. The third-order valence-electron chi connectivity index (χ3n) is 4.96. The molecule has 2 unspecified atom stereocenters. The van der Waals surface area contributed by atoms with Crippen molar-refractivity contribution in [2.75, 3.05) is 13.7 Å². The van der Waals surface area contributed by atoms with Crippen LogP contribution in [0.1, 0.15) is 50.0 Å². The minimum absolute atomic E-state index is 0.628. The Morgan fingerprint density at radius 1 is 1.11 bits per heavy atom. The van der Waals surface area contributed by atoms with Crippen molar-refractivity contribution in [3.8, 4) is 5.75 Å². The Morgan fingerprint density at radius 3 is 2.68 bits per heavy atom. The van der Waals surface area contributed by atoms with Gasteiger partial charge in [0.05, 0.1) is 7.11 Å². The Bertz CT molecular complexity index is 411. The van der Waals surface area contributed by atoms with Crippen LogP contribution in [0.25, 0.3) is 0 Å². The van der Waals surface area contributed by atoms with Crippen LogP contribution in [0.2, 0.25) is 0 Å². The van der Waals surface area contributed by atoms with Crippen molar-refractivity contribution in [3.63, 3.8) is 0 Å². The van der Waals surface area contributed by atoms with Gasteiger partial charge >= 0.3 is 0 Å². The predicted molar refractivity (Wildman–Crippen MR) is 78.7 cm³/mol. The summed E-state index contributed by atoms with van der Waals surface area (Å²) >= 11 is 0. The molecule has 1 aliphatic carbocycles. The number of rotatable bonds is 3. The summed E-state index contributed by atoms with van der Waals surface area (Å²) in [5.41, 5.74) is 1.39. The number of ether oxygens (including phenoxy) is 1. The lowest BCUT2D eigenvalue weighted by Gasteiger charge is -2.27. The zero-order chi connectivity index (χ0) is 13.1. The first kappa shape index (κ1) is 13.0. The van der Waals surface area contributed by atoms with E-state index in [0.717, 1.165) is 24.3 Å². The second-order valence-corrected chi connectivity index (χ2v) is 6.09. The Balaban J connectivity index is 1.67. The van der Waals surface area contributed by atoms with E-state index in [1.807, 2.05) is 0 Å². The van der Waals surface area contributed by atoms with Crippen molar-refractivity contribution < 1.29 is 4.74 Å². The molecule has 1 saturated carbocycles. The Kier molecular flexibility index (Phi) is 4.07. The molecular formula is C17H25NO. The molecule has 0 radical (unpaired) electrons. The van der Waals surface area contributed by atoms with Crippen LogP contribution in [0.4, 0.5) is 0 Å². The summed E-state index contributed by atoms with van der Waals surface area (Å²) in [6.07, 6.45) is 8.45. The highest BCUT2D eigenvalue weighted by Crippen LogP contribution is 2.37. The van der Waals surface area contributed by atoms with Crippen molar-refractivity contribution in [1.29, 1.82) is 0 Å². The summed E-state index contributed by atoms with van der Waals surface area (Å²) < 4.78 is 5.51. The molecule has 3 rings (SSSR count). The Morgan fingerprint density at radius 2 is 1.89 bits per heavy atom. The summed E-state index contributed by atoms with van der Waals surface area (Å²) in [4.78, 5) is 0. The van der Waals surface area contributed by atoms with Crippen LogP contribution < -0.4 is 10.1 Å². The van der Waals surface area contributed by atoms with E-state index in [4.69, 9.17) is 4.74 Å². The Hall–Kier alpha value is -1.02. The molecule has 2 nitrogen and oxygen atoms in total. The predicted octanol–water partition coefficient (Wildman–Crippen LogP) is 3.72. The number of hydrogen-bond donors (Lipinski definition) is 1. The fraction of sp³-hybridized carbons (Fsp3) is 0.647. The average Bonchev–Trinajstić information content (AvgIpc) is 2.98. The monoisotopic (exact) mass is 259 g/mol. The number of hydrogen-bond acceptors (Lipinski definition) is 2. The van der Waals surface area contributed by atoms with E-state index in [0.29, 0.717) is 5.92 Å². The van der Waals surface area contributed by atoms with Gasteiger partial charge in [-0.3, -0.25) is 0 Å². The zero-order valence-electron chi connectivity index (χ0n) is 11.9. The van der Waals surface area contributed by atoms with E-state index < -0.39 is 0 Å². The van der Waals surface area contributed by atoms with Gasteiger partial charge in [-0.25, -0.2) is 0 Å². The van der Waals surface area contributed by atoms with Crippen LogP contribution in [0.5, 0.6) is 5.75 Å². The standard InChI is InChI=1S/C17H25NO/c1-19-17-10-6-5-9-15(17)14-11-16(18-12-14)13-7-3-2-4-8-13/h5-6,9-10,13-14,16,18H,2-4,7-8,11-12H2,1H3. The smallest absolute Gasteiger partial charge is 0.122 e. The average molecular weight is 259 g/mol. The lowest BCUT2D eigenvalue weighted by molar-refractivity contribution is 0.286. The lowest BCUT2D eigenvalue weighted by atomic mass is 9.81. The molecule has 1 aromatic rings. The van der Waals surface area contributed by atoms with Crippen molar-refractivity contribution >= 4 is 0 Å². The molecule has 2 atom stereocenters. The molecule has 1 aromatic carbocycles. The normalized spacial score (nSPS) is 28.5. The molecule has 2 fully saturated rings. The first-order valence-electron chi connectivity index (χ1n) is 7.75. The van der Waals surface area contributed by atoms with E-state index in [2.05, 4.69) is 29.6 Å². The van der Waals surface area contributed by atoms with Crippen molar-refractivity contribution in [3.05, 3.63) is 29.8 Å².